The summed E-state index contributed by atoms with van der Waals surface area (Å²) in [6.45, 7) is 1.56. The minimum Gasteiger partial charge on any atom is -0.318 e. The lowest BCUT2D eigenvalue weighted by Crippen LogP contribution is -2.30. The first-order valence-corrected chi connectivity index (χ1v) is 8.90. The Morgan fingerprint density at radius 1 is 1.12 bits per heavy atom. The molecule has 1 atom stereocenters. The van der Waals surface area contributed by atoms with Crippen LogP contribution >= 0.6 is 0 Å². The molecule has 3 nitrogen and oxygen atoms in total. The zero-order valence-electron chi connectivity index (χ0n) is 15.0. The number of halogens is 1. The molecule has 4 heteroatoms. The van der Waals surface area contributed by atoms with E-state index >= 15 is 0 Å². The van der Waals surface area contributed by atoms with E-state index in [0.29, 0.717) is 5.56 Å². The average molecular weight is 349 g/mol. The normalized spacial score (nSPS) is 15.2. The number of nitrogens with zero attached hydrogens (tertiary/aromatic N) is 1. The Bertz CT molecular complexity index is 809. The van der Waals surface area contributed by atoms with E-state index in [0.717, 1.165) is 36.2 Å². The van der Waals surface area contributed by atoms with Crippen LogP contribution in [0.1, 0.15) is 23.6 Å². The van der Waals surface area contributed by atoms with Crippen molar-refractivity contribution in [2.75, 3.05) is 20.1 Å². The third-order valence-corrected chi connectivity index (χ3v) is 4.39. The fourth-order valence-electron chi connectivity index (χ4n) is 3.07. The third-order valence-electron chi connectivity index (χ3n) is 4.39. The van der Waals surface area contributed by atoms with Crippen molar-refractivity contribution in [3.05, 3.63) is 95.6 Å². The summed E-state index contributed by atoms with van der Waals surface area (Å²) in [5, 5.41) is 6.61. The van der Waals surface area contributed by atoms with E-state index < -0.39 is 0 Å². The quantitative estimate of drug-likeness (QED) is 0.741. The van der Waals surface area contributed by atoms with E-state index in [1.54, 1.807) is 18.5 Å². The summed E-state index contributed by atoms with van der Waals surface area (Å²) in [4.78, 5) is 4.09. The Balaban J connectivity index is 1.97. The summed E-state index contributed by atoms with van der Waals surface area (Å²) in [6.07, 6.45) is 13.0. The second kappa shape index (κ2) is 9.22. The van der Waals surface area contributed by atoms with Crippen molar-refractivity contribution < 1.29 is 4.39 Å². The minimum atomic E-state index is -0.205. The van der Waals surface area contributed by atoms with Gasteiger partial charge in [-0.15, -0.1) is 0 Å². The van der Waals surface area contributed by atoms with Crippen LogP contribution in [0.4, 0.5) is 4.39 Å². The summed E-state index contributed by atoms with van der Waals surface area (Å²) in [7, 11) is 1.91. The Morgan fingerprint density at radius 2 is 1.92 bits per heavy atom. The fourth-order valence-corrected chi connectivity index (χ4v) is 3.07. The van der Waals surface area contributed by atoms with Gasteiger partial charge in [0.1, 0.15) is 5.82 Å². The van der Waals surface area contributed by atoms with Gasteiger partial charge in [0.25, 0.3) is 0 Å². The van der Waals surface area contributed by atoms with Crippen LogP contribution in [0.3, 0.4) is 0 Å². The average Bonchev–Trinajstić information content (AvgIpc) is 2.93. The van der Waals surface area contributed by atoms with Crippen LogP contribution in [0.25, 0.3) is 5.57 Å². The molecule has 26 heavy (non-hydrogen) atoms. The topological polar surface area (TPSA) is 37.0 Å². The number of benzene rings is 1. The van der Waals surface area contributed by atoms with Gasteiger partial charge in [0.05, 0.1) is 6.04 Å². The van der Waals surface area contributed by atoms with Crippen molar-refractivity contribution in [1.29, 1.82) is 0 Å². The molecule has 0 spiro atoms. The lowest BCUT2D eigenvalue weighted by molar-refractivity contribution is 0.542. The molecule has 1 aromatic carbocycles. The van der Waals surface area contributed by atoms with E-state index in [2.05, 4.69) is 39.9 Å². The van der Waals surface area contributed by atoms with Gasteiger partial charge >= 0.3 is 0 Å². The van der Waals surface area contributed by atoms with Crippen LogP contribution in [-0.2, 0) is 0 Å². The van der Waals surface area contributed by atoms with Gasteiger partial charge in [-0.3, -0.25) is 4.98 Å². The van der Waals surface area contributed by atoms with Crippen molar-refractivity contribution in [2.24, 2.45) is 0 Å². The molecule has 2 N–H and O–H groups in total. The van der Waals surface area contributed by atoms with Crippen molar-refractivity contribution in [3.63, 3.8) is 0 Å². The van der Waals surface area contributed by atoms with Crippen molar-refractivity contribution in [2.45, 2.75) is 12.5 Å². The fraction of sp³-hybridized carbons (Fsp3) is 0.227. The van der Waals surface area contributed by atoms with E-state index in [-0.39, 0.29) is 11.9 Å². The molecule has 0 aliphatic heterocycles. The zero-order chi connectivity index (χ0) is 18.2. The lowest BCUT2D eigenvalue weighted by atomic mass is 9.95. The van der Waals surface area contributed by atoms with E-state index in [1.807, 2.05) is 31.3 Å². The van der Waals surface area contributed by atoms with Crippen molar-refractivity contribution in [1.82, 2.24) is 15.6 Å². The monoisotopic (exact) mass is 349 g/mol. The summed E-state index contributed by atoms with van der Waals surface area (Å²) >= 11 is 0. The molecule has 2 aromatic rings. The van der Waals surface area contributed by atoms with Gasteiger partial charge in [0.15, 0.2) is 0 Å². The molecular weight excluding hydrogens is 325 g/mol. The molecule has 134 valence electrons. The number of likely N-dealkylation sites (N-methyl/N-ethyl adjacent to an activating group) is 1. The molecule has 1 aliphatic carbocycles. The first kappa shape index (κ1) is 18.2. The minimum absolute atomic E-state index is 0.192. The molecule has 0 fully saturated rings. The largest absolute Gasteiger partial charge is 0.318 e. The number of pyridine rings is 1. The maximum atomic E-state index is 14.5. The van der Waals surface area contributed by atoms with Crippen LogP contribution in [0.15, 0.2) is 78.7 Å². The van der Waals surface area contributed by atoms with Crippen LogP contribution in [-0.4, -0.2) is 25.1 Å². The molecule has 0 saturated carbocycles. The Labute approximate surface area is 154 Å². The molecule has 0 amide bonds. The van der Waals surface area contributed by atoms with Gasteiger partial charge in [0, 0.05) is 31.0 Å². The van der Waals surface area contributed by atoms with Crippen LogP contribution in [0, 0.1) is 5.82 Å². The Hall–Kier alpha value is -2.56. The van der Waals surface area contributed by atoms with Crippen LogP contribution in [0.5, 0.6) is 0 Å². The molecule has 0 saturated heterocycles. The number of hydrogen-bond acceptors (Lipinski definition) is 3. The van der Waals surface area contributed by atoms with Gasteiger partial charge in [-0.1, -0.05) is 36.4 Å². The van der Waals surface area contributed by atoms with Crippen LogP contribution in [0.2, 0.25) is 0 Å². The summed E-state index contributed by atoms with van der Waals surface area (Å²) in [5.41, 5.74) is 3.95. The molecule has 1 aliphatic rings. The SMILES string of the molecule is CNCCNC(C1=CC(c2ccncc2)=CCC=C1)c1ccccc1F. The van der Waals surface area contributed by atoms with E-state index in [9.17, 15) is 4.39 Å². The lowest BCUT2D eigenvalue weighted by Gasteiger charge is -2.22. The van der Waals surface area contributed by atoms with Gasteiger partial charge < -0.3 is 10.6 Å². The summed E-state index contributed by atoms with van der Waals surface area (Å²) in [6, 6.07) is 10.8. The van der Waals surface area contributed by atoms with Gasteiger partial charge in [-0.2, -0.15) is 0 Å². The molecule has 0 bridgehead atoms. The predicted molar refractivity (Wildman–Crippen MR) is 105 cm³/mol. The second-order valence-electron chi connectivity index (χ2n) is 6.19. The first-order chi connectivity index (χ1) is 12.8. The molecular formula is C22H24FN3. The number of aromatic nitrogens is 1. The summed E-state index contributed by atoms with van der Waals surface area (Å²) in [5.74, 6) is -0.192. The first-order valence-electron chi connectivity index (χ1n) is 8.90. The van der Waals surface area contributed by atoms with Crippen LogP contribution < -0.4 is 10.6 Å². The van der Waals surface area contributed by atoms with Gasteiger partial charge in [-0.05, 0) is 54.5 Å². The standard InChI is InChI=1S/C22H24FN3/c1-24-14-15-26-22(20-8-4-5-9-21(20)23)19-7-3-2-6-18(16-19)17-10-12-25-13-11-17/h3-13,16,22,24,26H,2,14-15H2,1H3. The number of rotatable bonds is 7. The van der Waals surface area contributed by atoms with Gasteiger partial charge in [0.2, 0.25) is 0 Å². The van der Waals surface area contributed by atoms with E-state index in [4.69, 9.17) is 0 Å². The predicted octanol–water partition coefficient (Wildman–Crippen LogP) is 4.04. The molecule has 1 unspecified atom stereocenters. The third kappa shape index (κ3) is 4.54. The highest BCUT2D eigenvalue weighted by atomic mass is 19.1. The maximum Gasteiger partial charge on any atom is 0.128 e. The number of allylic oxidation sites excluding steroid dienone is 4. The van der Waals surface area contributed by atoms with E-state index in [1.165, 1.54) is 6.07 Å². The molecule has 1 heterocycles. The molecule has 1 aromatic heterocycles. The Kier molecular flexibility index (Phi) is 6.47. The summed E-state index contributed by atoms with van der Waals surface area (Å²) < 4.78 is 14.5. The van der Waals surface area contributed by atoms with Gasteiger partial charge in [-0.25, -0.2) is 4.39 Å². The highest BCUT2D eigenvalue weighted by Gasteiger charge is 2.19. The smallest absolute Gasteiger partial charge is 0.128 e. The maximum absolute atomic E-state index is 14.5. The second-order valence-corrected chi connectivity index (χ2v) is 6.19. The van der Waals surface area contributed by atoms with Crippen molar-refractivity contribution >= 4 is 5.57 Å². The molecule has 3 rings (SSSR count). The molecule has 0 radical (unpaired) electrons. The highest BCUT2D eigenvalue weighted by Crippen LogP contribution is 2.30. The number of nitrogens with one attached hydrogen (secondary N) is 2. The zero-order valence-corrected chi connectivity index (χ0v) is 15.0. The Morgan fingerprint density at radius 3 is 2.69 bits per heavy atom. The highest BCUT2D eigenvalue weighted by molar-refractivity contribution is 5.76. The van der Waals surface area contributed by atoms with Crippen molar-refractivity contribution in [3.8, 4) is 0 Å². The number of hydrogen-bond donors (Lipinski definition) is 2.